The van der Waals surface area contributed by atoms with Gasteiger partial charge in [0.25, 0.3) is 0 Å². The standard InChI is InChI=1S/C16H19NO4/c18-14(19)10-21-12-5-3-11(4-6-12)17-15(20)13-9-16(13)7-1-2-8-16/h3-6,13H,1-2,7-10H2,(H,17,20)(H,18,19). The average Bonchev–Trinajstić information content (AvgIpc) is 2.96. The van der Waals surface area contributed by atoms with Crippen LogP contribution in [0.4, 0.5) is 5.69 Å². The van der Waals surface area contributed by atoms with E-state index in [4.69, 9.17) is 9.84 Å². The van der Waals surface area contributed by atoms with Gasteiger partial charge in [0.05, 0.1) is 0 Å². The Morgan fingerprint density at radius 3 is 2.52 bits per heavy atom. The second-order valence-electron chi connectivity index (χ2n) is 6.02. The molecule has 0 bridgehead atoms. The molecule has 1 amide bonds. The van der Waals surface area contributed by atoms with E-state index in [0.717, 1.165) is 12.1 Å². The number of benzene rings is 1. The maximum absolute atomic E-state index is 12.2. The van der Waals surface area contributed by atoms with Gasteiger partial charge in [-0.05, 0) is 48.9 Å². The van der Waals surface area contributed by atoms with Crippen molar-refractivity contribution in [3.63, 3.8) is 0 Å². The van der Waals surface area contributed by atoms with E-state index in [1.54, 1.807) is 24.3 Å². The Morgan fingerprint density at radius 1 is 1.24 bits per heavy atom. The summed E-state index contributed by atoms with van der Waals surface area (Å²) in [5.74, 6) is -0.254. The van der Waals surface area contributed by atoms with Crippen molar-refractivity contribution in [3.8, 4) is 5.75 Å². The summed E-state index contributed by atoms with van der Waals surface area (Å²) in [4.78, 5) is 22.6. The average molecular weight is 289 g/mol. The summed E-state index contributed by atoms with van der Waals surface area (Å²) in [6.07, 6.45) is 5.90. The molecular weight excluding hydrogens is 270 g/mol. The van der Waals surface area contributed by atoms with Crippen molar-refractivity contribution in [2.75, 3.05) is 11.9 Å². The van der Waals surface area contributed by atoms with Crippen molar-refractivity contribution in [3.05, 3.63) is 24.3 Å². The minimum Gasteiger partial charge on any atom is -0.482 e. The summed E-state index contributed by atoms with van der Waals surface area (Å²) in [7, 11) is 0. The summed E-state index contributed by atoms with van der Waals surface area (Å²) in [6.45, 7) is -0.365. The molecule has 5 nitrogen and oxygen atoms in total. The van der Waals surface area contributed by atoms with Gasteiger partial charge in [-0.2, -0.15) is 0 Å². The van der Waals surface area contributed by atoms with Crippen LogP contribution < -0.4 is 10.1 Å². The molecule has 5 heteroatoms. The number of rotatable bonds is 5. The molecule has 2 N–H and O–H groups in total. The van der Waals surface area contributed by atoms with Crippen LogP contribution in [0.5, 0.6) is 5.75 Å². The fourth-order valence-electron chi connectivity index (χ4n) is 3.36. The van der Waals surface area contributed by atoms with Crippen molar-refractivity contribution in [1.29, 1.82) is 0 Å². The highest BCUT2D eigenvalue weighted by atomic mass is 16.5. The third-order valence-corrected chi connectivity index (χ3v) is 4.59. The van der Waals surface area contributed by atoms with Gasteiger partial charge >= 0.3 is 5.97 Å². The van der Waals surface area contributed by atoms with E-state index in [0.29, 0.717) is 11.2 Å². The van der Waals surface area contributed by atoms with Crippen LogP contribution in [-0.2, 0) is 9.59 Å². The summed E-state index contributed by atoms with van der Waals surface area (Å²) in [6, 6.07) is 6.80. The lowest BCUT2D eigenvalue weighted by molar-refractivity contribution is -0.139. The first-order valence-electron chi connectivity index (χ1n) is 7.35. The Bertz CT molecular complexity index is 546. The molecule has 0 heterocycles. The monoisotopic (exact) mass is 289 g/mol. The lowest BCUT2D eigenvalue weighted by Crippen LogP contribution is -2.17. The van der Waals surface area contributed by atoms with Crippen LogP contribution in [0.15, 0.2) is 24.3 Å². The molecule has 2 saturated carbocycles. The Labute approximate surface area is 123 Å². The van der Waals surface area contributed by atoms with Crippen molar-refractivity contribution < 1.29 is 19.4 Å². The lowest BCUT2D eigenvalue weighted by Gasteiger charge is -2.09. The van der Waals surface area contributed by atoms with Gasteiger partial charge in [-0.1, -0.05) is 12.8 Å². The Balaban J connectivity index is 1.53. The molecule has 2 aliphatic carbocycles. The summed E-state index contributed by atoms with van der Waals surface area (Å²) < 4.78 is 5.05. The van der Waals surface area contributed by atoms with Crippen LogP contribution in [0.25, 0.3) is 0 Å². The molecule has 21 heavy (non-hydrogen) atoms. The number of carbonyl (C=O) groups excluding carboxylic acids is 1. The van der Waals surface area contributed by atoms with E-state index in [-0.39, 0.29) is 18.4 Å². The molecule has 0 aliphatic heterocycles. The normalized spacial score (nSPS) is 22.0. The molecule has 0 radical (unpaired) electrons. The number of carbonyl (C=O) groups is 2. The van der Waals surface area contributed by atoms with Gasteiger partial charge in [-0.3, -0.25) is 4.79 Å². The van der Waals surface area contributed by atoms with Crippen molar-refractivity contribution in [2.24, 2.45) is 11.3 Å². The van der Waals surface area contributed by atoms with E-state index in [2.05, 4.69) is 5.32 Å². The van der Waals surface area contributed by atoms with Crippen LogP contribution in [0.3, 0.4) is 0 Å². The van der Waals surface area contributed by atoms with E-state index >= 15 is 0 Å². The maximum atomic E-state index is 12.2. The van der Waals surface area contributed by atoms with Crippen LogP contribution in [-0.4, -0.2) is 23.6 Å². The SMILES string of the molecule is O=C(O)COc1ccc(NC(=O)C2CC23CCCC3)cc1. The summed E-state index contributed by atoms with van der Waals surface area (Å²) in [5, 5.41) is 11.5. The zero-order valence-electron chi connectivity index (χ0n) is 11.8. The fourth-order valence-corrected chi connectivity index (χ4v) is 3.36. The third-order valence-electron chi connectivity index (χ3n) is 4.59. The number of hydrogen-bond acceptors (Lipinski definition) is 3. The van der Waals surface area contributed by atoms with Gasteiger partial charge in [-0.15, -0.1) is 0 Å². The first-order chi connectivity index (χ1) is 10.1. The van der Waals surface area contributed by atoms with Crippen LogP contribution in [0.2, 0.25) is 0 Å². The number of carboxylic acid groups (broad SMARTS) is 1. The van der Waals surface area contributed by atoms with Gasteiger partial charge in [0, 0.05) is 11.6 Å². The summed E-state index contributed by atoms with van der Waals surface area (Å²) >= 11 is 0. The topological polar surface area (TPSA) is 75.6 Å². The van der Waals surface area contributed by atoms with E-state index in [1.165, 1.54) is 25.7 Å². The molecule has 112 valence electrons. The molecule has 1 unspecified atom stereocenters. The zero-order chi connectivity index (χ0) is 14.9. The zero-order valence-corrected chi connectivity index (χ0v) is 11.8. The van der Waals surface area contributed by atoms with Gasteiger partial charge in [0.2, 0.25) is 5.91 Å². The first kappa shape index (κ1) is 13.9. The van der Waals surface area contributed by atoms with E-state index < -0.39 is 5.97 Å². The first-order valence-corrected chi connectivity index (χ1v) is 7.35. The van der Waals surface area contributed by atoms with Crippen molar-refractivity contribution in [2.45, 2.75) is 32.1 Å². The highest BCUT2D eigenvalue weighted by Crippen LogP contribution is 2.63. The molecule has 1 aromatic rings. The Kier molecular flexibility index (Phi) is 3.57. The number of amides is 1. The van der Waals surface area contributed by atoms with Gasteiger partial charge in [-0.25, -0.2) is 4.79 Å². The molecule has 1 atom stereocenters. The fraction of sp³-hybridized carbons (Fsp3) is 0.500. The third kappa shape index (κ3) is 3.01. The van der Waals surface area contributed by atoms with E-state index in [9.17, 15) is 9.59 Å². The number of anilines is 1. The molecule has 0 saturated heterocycles. The highest BCUT2D eigenvalue weighted by molar-refractivity contribution is 5.95. The number of ether oxygens (including phenoxy) is 1. The van der Waals surface area contributed by atoms with Crippen LogP contribution in [0, 0.1) is 11.3 Å². The number of hydrogen-bond donors (Lipinski definition) is 2. The quantitative estimate of drug-likeness (QED) is 0.873. The predicted octanol–water partition coefficient (Wildman–Crippen LogP) is 2.67. The Morgan fingerprint density at radius 2 is 1.90 bits per heavy atom. The van der Waals surface area contributed by atoms with Crippen LogP contribution in [0.1, 0.15) is 32.1 Å². The number of carboxylic acids is 1. The lowest BCUT2D eigenvalue weighted by atomic mass is 10.0. The van der Waals surface area contributed by atoms with Crippen molar-refractivity contribution >= 4 is 17.6 Å². The highest BCUT2D eigenvalue weighted by Gasteiger charge is 2.58. The second-order valence-corrected chi connectivity index (χ2v) is 6.02. The van der Waals surface area contributed by atoms with E-state index in [1.807, 2.05) is 0 Å². The minimum atomic E-state index is -1.01. The molecule has 0 aromatic heterocycles. The van der Waals surface area contributed by atoms with Crippen LogP contribution >= 0.6 is 0 Å². The van der Waals surface area contributed by atoms with Gasteiger partial charge in [0.1, 0.15) is 5.75 Å². The number of nitrogens with one attached hydrogen (secondary N) is 1. The largest absolute Gasteiger partial charge is 0.482 e. The minimum absolute atomic E-state index is 0.108. The molecule has 1 aromatic carbocycles. The molecule has 3 rings (SSSR count). The Hall–Kier alpha value is -2.04. The predicted molar refractivity (Wildman–Crippen MR) is 77.2 cm³/mol. The van der Waals surface area contributed by atoms with Gasteiger partial charge in [0.15, 0.2) is 6.61 Å². The smallest absolute Gasteiger partial charge is 0.341 e. The molecular formula is C16H19NO4. The molecule has 2 aliphatic rings. The number of aliphatic carboxylic acids is 1. The molecule has 1 spiro atoms. The van der Waals surface area contributed by atoms with Gasteiger partial charge < -0.3 is 15.2 Å². The van der Waals surface area contributed by atoms with Crippen molar-refractivity contribution in [1.82, 2.24) is 0 Å². The maximum Gasteiger partial charge on any atom is 0.341 e. The summed E-state index contributed by atoms with van der Waals surface area (Å²) in [5.41, 5.74) is 1.02. The second kappa shape index (κ2) is 5.39. The molecule has 2 fully saturated rings.